The van der Waals surface area contributed by atoms with Crippen molar-refractivity contribution in [1.29, 1.82) is 0 Å². The van der Waals surface area contributed by atoms with E-state index in [1.807, 2.05) is 65.6 Å². The van der Waals surface area contributed by atoms with Crippen molar-refractivity contribution in [3.05, 3.63) is 71.8 Å². The fourth-order valence-electron chi connectivity index (χ4n) is 3.65. The molecule has 0 aliphatic carbocycles. The number of nitrogens with zero attached hydrogens (tertiary/aromatic N) is 2. The first-order valence-electron chi connectivity index (χ1n) is 10.2. The lowest BCUT2D eigenvalue weighted by molar-refractivity contribution is -0.134. The maximum absolute atomic E-state index is 13.4. The van der Waals surface area contributed by atoms with Crippen LogP contribution in [0.25, 0.3) is 0 Å². The summed E-state index contributed by atoms with van der Waals surface area (Å²) in [5, 5.41) is 4.63. The van der Waals surface area contributed by atoms with Crippen LogP contribution in [0.2, 0.25) is 0 Å². The van der Waals surface area contributed by atoms with Crippen molar-refractivity contribution in [3.63, 3.8) is 0 Å². The van der Waals surface area contributed by atoms with E-state index in [2.05, 4.69) is 15.5 Å². The van der Waals surface area contributed by atoms with E-state index in [1.165, 1.54) is 7.05 Å². The zero-order valence-electron chi connectivity index (χ0n) is 17.2. The van der Waals surface area contributed by atoms with Gasteiger partial charge in [0.15, 0.2) is 0 Å². The van der Waals surface area contributed by atoms with Crippen molar-refractivity contribution in [3.8, 4) is 0 Å². The number of hydrogen-bond donors (Lipinski definition) is 2. The third kappa shape index (κ3) is 5.67. The molecule has 2 aromatic rings. The molecule has 1 saturated heterocycles. The molecule has 1 heterocycles. The largest absolute Gasteiger partial charge is 0.341 e. The molecule has 0 radical (unpaired) electrons. The predicted molar refractivity (Wildman–Crippen MR) is 115 cm³/mol. The van der Waals surface area contributed by atoms with Crippen LogP contribution in [0.4, 0.5) is 4.79 Å². The Kier molecular flexibility index (Phi) is 7.57. The minimum Gasteiger partial charge on any atom is -0.341 e. The highest BCUT2D eigenvalue weighted by Gasteiger charge is 2.29. The summed E-state index contributed by atoms with van der Waals surface area (Å²) >= 11 is 0. The third-order valence-electron chi connectivity index (χ3n) is 5.33. The van der Waals surface area contributed by atoms with Gasteiger partial charge in [-0.1, -0.05) is 60.7 Å². The van der Waals surface area contributed by atoms with Crippen LogP contribution in [0.5, 0.6) is 0 Å². The van der Waals surface area contributed by atoms with Crippen molar-refractivity contribution in [2.45, 2.75) is 12.3 Å². The van der Waals surface area contributed by atoms with Gasteiger partial charge in [0.2, 0.25) is 11.8 Å². The molecule has 0 atom stereocenters. The van der Waals surface area contributed by atoms with E-state index < -0.39 is 6.03 Å². The SMILES string of the molecule is CNC(=O)NC(=O)CCN1CCN(C(=O)C(c2ccccc2)c2ccccc2)CC1. The Morgan fingerprint density at radius 1 is 0.867 bits per heavy atom. The zero-order valence-corrected chi connectivity index (χ0v) is 17.2. The van der Waals surface area contributed by atoms with E-state index >= 15 is 0 Å². The highest BCUT2D eigenvalue weighted by molar-refractivity contribution is 5.94. The summed E-state index contributed by atoms with van der Waals surface area (Å²) in [4.78, 5) is 40.4. The summed E-state index contributed by atoms with van der Waals surface area (Å²) in [5.41, 5.74) is 1.98. The minimum atomic E-state index is -0.497. The first-order chi connectivity index (χ1) is 14.6. The number of carbonyl (C=O) groups is 3. The molecular formula is C23H28N4O3. The van der Waals surface area contributed by atoms with Crippen LogP contribution in [0.1, 0.15) is 23.5 Å². The number of piperazine rings is 1. The number of rotatable bonds is 6. The Hall–Kier alpha value is -3.19. The van der Waals surface area contributed by atoms with Gasteiger partial charge in [-0.05, 0) is 11.1 Å². The van der Waals surface area contributed by atoms with Gasteiger partial charge < -0.3 is 10.2 Å². The summed E-state index contributed by atoms with van der Waals surface area (Å²) in [7, 11) is 1.47. The Morgan fingerprint density at radius 2 is 1.40 bits per heavy atom. The molecule has 0 unspecified atom stereocenters. The molecule has 7 heteroatoms. The molecule has 0 spiro atoms. The lowest BCUT2D eigenvalue weighted by atomic mass is 9.90. The van der Waals surface area contributed by atoms with Crippen molar-refractivity contribution in [2.75, 3.05) is 39.8 Å². The van der Waals surface area contributed by atoms with Crippen LogP contribution in [0.3, 0.4) is 0 Å². The fraction of sp³-hybridized carbons (Fsp3) is 0.348. The fourth-order valence-corrected chi connectivity index (χ4v) is 3.65. The molecule has 1 aliphatic rings. The second kappa shape index (κ2) is 10.5. The number of hydrogen-bond acceptors (Lipinski definition) is 4. The molecule has 1 fully saturated rings. The highest BCUT2D eigenvalue weighted by Crippen LogP contribution is 2.27. The van der Waals surface area contributed by atoms with Crippen LogP contribution < -0.4 is 10.6 Å². The molecule has 0 aromatic heterocycles. The Morgan fingerprint density at radius 3 is 1.90 bits per heavy atom. The first-order valence-corrected chi connectivity index (χ1v) is 10.2. The second-order valence-corrected chi connectivity index (χ2v) is 7.30. The average molecular weight is 409 g/mol. The van der Waals surface area contributed by atoms with Crippen molar-refractivity contribution < 1.29 is 14.4 Å². The molecule has 0 saturated carbocycles. The van der Waals surface area contributed by atoms with Gasteiger partial charge in [0.1, 0.15) is 0 Å². The normalized spacial score (nSPS) is 14.4. The maximum atomic E-state index is 13.4. The van der Waals surface area contributed by atoms with Crippen molar-refractivity contribution in [2.24, 2.45) is 0 Å². The topological polar surface area (TPSA) is 81.8 Å². The van der Waals surface area contributed by atoms with Gasteiger partial charge in [-0.2, -0.15) is 0 Å². The first kappa shape index (κ1) is 21.5. The summed E-state index contributed by atoms with van der Waals surface area (Å²) < 4.78 is 0. The van der Waals surface area contributed by atoms with Crippen molar-refractivity contribution in [1.82, 2.24) is 20.4 Å². The Bertz CT molecular complexity index is 810. The molecule has 0 bridgehead atoms. The molecule has 7 nitrogen and oxygen atoms in total. The van der Waals surface area contributed by atoms with Gasteiger partial charge in [0, 0.05) is 46.2 Å². The molecule has 3 rings (SSSR count). The molecule has 4 amide bonds. The predicted octanol–water partition coefficient (Wildman–Crippen LogP) is 1.81. The number of nitrogens with one attached hydrogen (secondary N) is 2. The van der Waals surface area contributed by atoms with Gasteiger partial charge >= 0.3 is 6.03 Å². The van der Waals surface area contributed by atoms with Crippen LogP contribution in [0, 0.1) is 0 Å². The summed E-state index contributed by atoms with van der Waals surface area (Å²) in [6.07, 6.45) is 0.248. The van der Waals surface area contributed by atoms with Gasteiger partial charge in [0.25, 0.3) is 0 Å². The molecular weight excluding hydrogens is 380 g/mol. The summed E-state index contributed by atoms with van der Waals surface area (Å²) in [6.45, 7) is 3.20. The number of urea groups is 1. The molecule has 2 N–H and O–H groups in total. The summed E-state index contributed by atoms with van der Waals surface area (Å²) in [5.74, 6) is -0.525. The lowest BCUT2D eigenvalue weighted by Crippen LogP contribution is -2.50. The zero-order chi connectivity index (χ0) is 21.3. The van der Waals surface area contributed by atoms with Crippen LogP contribution in [0.15, 0.2) is 60.7 Å². The smallest absolute Gasteiger partial charge is 0.321 e. The summed E-state index contributed by atoms with van der Waals surface area (Å²) in [6, 6.07) is 19.2. The Labute approximate surface area is 177 Å². The van der Waals surface area contributed by atoms with Crippen molar-refractivity contribution >= 4 is 17.8 Å². The van der Waals surface area contributed by atoms with E-state index in [-0.39, 0.29) is 24.2 Å². The minimum absolute atomic E-state index is 0.101. The molecule has 2 aromatic carbocycles. The Balaban J connectivity index is 1.59. The van der Waals surface area contributed by atoms with Gasteiger partial charge in [-0.15, -0.1) is 0 Å². The second-order valence-electron chi connectivity index (χ2n) is 7.30. The quantitative estimate of drug-likeness (QED) is 0.764. The number of benzene rings is 2. The highest BCUT2D eigenvalue weighted by atomic mass is 16.2. The van der Waals surface area contributed by atoms with Crippen LogP contribution in [-0.4, -0.2) is 67.4 Å². The van der Waals surface area contributed by atoms with E-state index in [9.17, 15) is 14.4 Å². The molecule has 158 valence electrons. The van der Waals surface area contributed by atoms with E-state index in [0.29, 0.717) is 32.7 Å². The molecule has 1 aliphatic heterocycles. The van der Waals surface area contributed by atoms with E-state index in [0.717, 1.165) is 11.1 Å². The lowest BCUT2D eigenvalue weighted by Gasteiger charge is -2.36. The number of amides is 4. The van der Waals surface area contributed by atoms with E-state index in [4.69, 9.17) is 0 Å². The third-order valence-corrected chi connectivity index (χ3v) is 5.33. The molecule has 30 heavy (non-hydrogen) atoms. The van der Waals surface area contributed by atoms with E-state index in [1.54, 1.807) is 0 Å². The standard InChI is InChI=1S/C23H28N4O3/c1-24-23(30)25-20(28)12-13-26-14-16-27(17-15-26)22(29)21(18-8-4-2-5-9-18)19-10-6-3-7-11-19/h2-11,21H,12-17H2,1H3,(H2,24,25,28,30). The number of imide groups is 1. The number of carbonyl (C=O) groups excluding carboxylic acids is 3. The van der Waals surface area contributed by atoms with Gasteiger partial charge in [-0.3, -0.25) is 19.8 Å². The maximum Gasteiger partial charge on any atom is 0.321 e. The van der Waals surface area contributed by atoms with Crippen LogP contribution >= 0.6 is 0 Å². The average Bonchev–Trinajstić information content (AvgIpc) is 2.79. The van der Waals surface area contributed by atoms with Gasteiger partial charge in [0.05, 0.1) is 5.92 Å². The monoisotopic (exact) mass is 408 g/mol. The van der Waals surface area contributed by atoms with Crippen LogP contribution in [-0.2, 0) is 9.59 Å². The van der Waals surface area contributed by atoms with Gasteiger partial charge in [-0.25, -0.2) is 4.79 Å².